The molecule has 0 aliphatic carbocycles. The summed E-state index contributed by atoms with van der Waals surface area (Å²) in [5.74, 6) is -0.406. The zero-order valence-electron chi connectivity index (χ0n) is 16.6. The molecule has 27 heavy (non-hydrogen) atoms. The number of fused-ring (bicyclic) bond motifs is 1. The highest BCUT2D eigenvalue weighted by molar-refractivity contribution is 8.18. The van der Waals surface area contributed by atoms with Crippen molar-refractivity contribution in [2.75, 3.05) is 18.0 Å². The minimum atomic E-state index is -0.358. The van der Waals surface area contributed by atoms with Crippen molar-refractivity contribution in [1.82, 2.24) is 4.90 Å². The molecule has 1 aromatic carbocycles. The van der Waals surface area contributed by atoms with Gasteiger partial charge in [0.2, 0.25) is 0 Å². The van der Waals surface area contributed by atoms with Crippen LogP contribution in [-0.2, 0) is 4.79 Å². The number of amides is 2. The first-order valence-corrected chi connectivity index (χ1v) is 10.4. The van der Waals surface area contributed by atoms with Crippen LogP contribution in [0.15, 0.2) is 17.0 Å². The largest absolute Gasteiger partial charge is 0.366 e. The van der Waals surface area contributed by atoms with E-state index in [4.69, 9.17) is 0 Å². The third-order valence-electron chi connectivity index (χ3n) is 5.43. The maximum atomic E-state index is 14.9. The lowest BCUT2D eigenvalue weighted by atomic mass is 9.79. The summed E-state index contributed by atoms with van der Waals surface area (Å²) in [5, 5.41) is -0.295. The zero-order valence-corrected chi connectivity index (χ0v) is 17.5. The molecule has 1 aromatic rings. The van der Waals surface area contributed by atoms with Crippen LogP contribution in [0.4, 0.5) is 14.9 Å². The molecule has 2 aliphatic rings. The Hall–Kier alpha value is -1.82. The number of anilines is 1. The van der Waals surface area contributed by atoms with Crippen LogP contribution in [0.5, 0.6) is 0 Å². The van der Waals surface area contributed by atoms with Crippen molar-refractivity contribution in [2.45, 2.75) is 58.9 Å². The van der Waals surface area contributed by atoms with Gasteiger partial charge in [0.05, 0.1) is 4.91 Å². The summed E-state index contributed by atoms with van der Waals surface area (Å²) in [5.41, 5.74) is 2.39. The van der Waals surface area contributed by atoms with E-state index < -0.39 is 0 Å². The van der Waals surface area contributed by atoms with Crippen molar-refractivity contribution in [1.29, 1.82) is 0 Å². The number of carbonyl (C=O) groups is 2. The summed E-state index contributed by atoms with van der Waals surface area (Å²) in [4.78, 5) is 28.0. The Morgan fingerprint density at radius 1 is 1.30 bits per heavy atom. The van der Waals surface area contributed by atoms with Crippen molar-refractivity contribution < 1.29 is 14.0 Å². The van der Waals surface area contributed by atoms with Gasteiger partial charge in [0, 0.05) is 29.9 Å². The van der Waals surface area contributed by atoms with E-state index in [2.05, 4.69) is 32.6 Å². The van der Waals surface area contributed by atoms with Crippen LogP contribution in [0.3, 0.4) is 0 Å². The first-order chi connectivity index (χ1) is 12.7. The number of likely N-dealkylation sites (N-methyl/N-ethyl adjacent to an activating group) is 1. The number of hydrogen-bond donors (Lipinski definition) is 0. The quantitative estimate of drug-likeness (QED) is 0.647. The average Bonchev–Trinajstić information content (AvgIpc) is 2.85. The summed E-state index contributed by atoms with van der Waals surface area (Å²) >= 11 is 0.878. The van der Waals surface area contributed by atoms with E-state index in [1.165, 1.54) is 11.0 Å². The Kier molecular flexibility index (Phi) is 5.39. The fourth-order valence-electron chi connectivity index (χ4n) is 4.19. The van der Waals surface area contributed by atoms with Gasteiger partial charge in [-0.3, -0.25) is 14.5 Å². The molecule has 146 valence electrons. The van der Waals surface area contributed by atoms with Gasteiger partial charge in [0.15, 0.2) is 0 Å². The van der Waals surface area contributed by atoms with E-state index in [0.717, 1.165) is 42.4 Å². The van der Waals surface area contributed by atoms with Crippen molar-refractivity contribution in [3.05, 3.63) is 34.0 Å². The molecule has 4 nitrogen and oxygen atoms in total. The topological polar surface area (TPSA) is 40.6 Å². The van der Waals surface area contributed by atoms with Gasteiger partial charge in [0.25, 0.3) is 11.1 Å². The van der Waals surface area contributed by atoms with E-state index in [1.807, 2.05) is 6.07 Å². The first-order valence-electron chi connectivity index (χ1n) is 9.56. The molecule has 1 atom stereocenters. The molecule has 1 unspecified atom stereocenters. The van der Waals surface area contributed by atoms with Gasteiger partial charge in [-0.2, -0.15) is 0 Å². The first kappa shape index (κ1) is 19.9. The Bertz CT molecular complexity index is 819. The molecule has 0 spiro atoms. The number of benzene rings is 1. The van der Waals surface area contributed by atoms with Gasteiger partial charge >= 0.3 is 0 Å². The van der Waals surface area contributed by atoms with Gasteiger partial charge in [-0.05, 0) is 75.1 Å². The molecule has 1 fully saturated rings. The van der Waals surface area contributed by atoms with Crippen molar-refractivity contribution >= 4 is 34.7 Å². The highest BCUT2D eigenvalue weighted by Gasteiger charge is 2.37. The lowest BCUT2D eigenvalue weighted by Gasteiger charge is -2.47. The highest BCUT2D eigenvalue weighted by atomic mass is 32.2. The molecule has 0 saturated carbocycles. The SMILES string of the molecule is CCCN1c2cc(F)c(/C=C3/SC(=O)N(CC)C3=O)cc2C(C)CC1(C)C. The molecular weight excluding hydrogens is 363 g/mol. The lowest BCUT2D eigenvalue weighted by molar-refractivity contribution is -0.122. The van der Waals surface area contributed by atoms with Gasteiger partial charge < -0.3 is 4.90 Å². The van der Waals surface area contributed by atoms with Crippen molar-refractivity contribution in [2.24, 2.45) is 0 Å². The van der Waals surface area contributed by atoms with Gasteiger partial charge in [-0.15, -0.1) is 0 Å². The summed E-state index contributed by atoms with van der Waals surface area (Å²) in [7, 11) is 0. The van der Waals surface area contributed by atoms with E-state index in [1.54, 1.807) is 13.0 Å². The van der Waals surface area contributed by atoms with Crippen LogP contribution in [0.25, 0.3) is 6.08 Å². The van der Waals surface area contributed by atoms with Crippen LogP contribution in [-0.4, -0.2) is 34.7 Å². The fourth-order valence-corrected chi connectivity index (χ4v) is 5.09. The second kappa shape index (κ2) is 7.30. The van der Waals surface area contributed by atoms with Crippen LogP contribution in [0.2, 0.25) is 0 Å². The van der Waals surface area contributed by atoms with E-state index in [-0.39, 0.29) is 27.4 Å². The Morgan fingerprint density at radius 3 is 2.59 bits per heavy atom. The second-order valence-corrected chi connectivity index (χ2v) is 8.92. The van der Waals surface area contributed by atoms with Gasteiger partial charge in [-0.1, -0.05) is 13.8 Å². The van der Waals surface area contributed by atoms with Crippen LogP contribution >= 0.6 is 11.8 Å². The molecule has 0 radical (unpaired) electrons. The van der Waals surface area contributed by atoms with Crippen molar-refractivity contribution in [3.8, 4) is 0 Å². The Balaban J connectivity index is 2.04. The monoisotopic (exact) mass is 390 g/mol. The number of imide groups is 1. The maximum Gasteiger partial charge on any atom is 0.293 e. The molecule has 2 heterocycles. The fraction of sp³-hybridized carbons (Fsp3) is 0.524. The van der Waals surface area contributed by atoms with Gasteiger partial charge in [0.1, 0.15) is 5.82 Å². The number of nitrogens with zero attached hydrogens (tertiary/aromatic N) is 2. The number of rotatable bonds is 4. The zero-order chi connectivity index (χ0) is 19.9. The third kappa shape index (κ3) is 3.51. The molecule has 0 aromatic heterocycles. The smallest absolute Gasteiger partial charge is 0.293 e. The van der Waals surface area contributed by atoms with Crippen LogP contribution < -0.4 is 4.90 Å². The molecule has 2 amide bonds. The minimum Gasteiger partial charge on any atom is -0.366 e. The maximum absolute atomic E-state index is 14.9. The van der Waals surface area contributed by atoms with Crippen LogP contribution in [0, 0.1) is 5.82 Å². The number of hydrogen-bond acceptors (Lipinski definition) is 4. The normalized spacial score (nSPS) is 23.3. The highest BCUT2D eigenvalue weighted by Crippen LogP contribution is 2.45. The third-order valence-corrected chi connectivity index (χ3v) is 6.34. The molecule has 1 saturated heterocycles. The second-order valence-electron chi connectivity index (χ2n) is 7.93. The number of thioether (sulfide) groups is 1. The van der Waals surface area contributed by atoms with E-state index in [0.29, 0.717) is 18.0 Å². The number of carbonyl (C=O) groups excluding carboxylic acids is 2. The molecule has 2 aliphatic heterocycles. The van der Waals surface area contributed by atoms with Crippen LogP contribution in [0.1, 0.15) is 64.5 Å². The van der Waals surface area contributed by atoms with Gasteiger partial charge in [-0.25, -0.2) is 4.39 Å². The molecular formula is C21H27FN2O2S. The van der Waals surface area contributed by atoms with Crippen molar-refractivity contribution in [3.63, 3.8) is 0 Å². The van der Waals surface area contributed by atoms with E-state index in [9.17, 15) is 14.0 Å². The summed E-state index contributed by atoms with van der Waals surface area (Å²) < 4.78 is 14.9. The van der Waals surface area contributed by atoms with E-state index >= 15 is 0 Å². The molecule has 0 bridgehead atoms. The average molecular weight is 391 g/mol. The Morgan fingerprint density at radius 2 is 2.00 bits per heavy atom. The summed E-state index contributed by atoms with van der Waals surface area (Å²) in [6.07, 6.45) is 3.50. The lowest BCUT2D eigenvalue weighted by Crippen LogP contribution is -2.48. The summed E-state index contributed by atoms with van der Waals surface area (Å²) in [6.45, 7) is 11.7. The summed E-state index contributed by atoms with van der Waals surface area (Å²) in [6, 6.07) is 3.45. The molecule has 0 N–H and O–H groups in total. The predicted molar refractivity (Wildman–Crippen MR) is 109 cm³/mol. The number of halogens is 1. The molecule has 6 heteroatoms. The molecule has 3 rings (SSSR count). The Labute approximate surface area is 164 Å². The minimum absolute atomic E-state index is 0.0276. The predicted octanol–water partition coefficient (Wildman–Crippen LogP) is 5.38. The standard InChI is InChI=1S/C21H27FN2O2S/c1-6-8-24-17-11-16(22)14(9-15(17)13(3)12-21(24,4)5)10-18-19(25)23(7-2)20(26)27-18/h9-11,13H,6-8,12H2,1-5H3/b18-10+.